The number of carbonyl (C=O) groups excluding carboxylic acids is 1. The van der Waals surface area contributed by atoms with Crippen molar-refractivity contribution < 1.29 is 14.3 Å². The second kappa shape index (κ2) is 6.79. The fraction of sp³-hybridized carbons (Fsp3) is 0.235. The van der Waals surface area contributed by atoms with Gasteiger partial charge < -0.3 is 14.8 Å². The summed E-state index contributed by atoms with van der Waals surface area (Å²) >= 11 is 0. The molecule has 0 bridgehead atoms. The van der Waals surface area contributed by atoms with Crippen molar-refractivity contribution in [2.45, 2.75) is 13.8 Å². The van der Waals surface area contributed by atoms with Gasteiger partial charge in [0.25, 0.3) is 5.91 Å². The molecule has 21 heavy (non-hydrogen) atoms. The number of anilines is 1. The van der Waals surface area contributed by atoms with Crippen LogP contribution in [-0.4, -0.2) is 19.6 Å². The Kier molecular flexibility index (Phi) is 4.82. The van der Waals surface area contributed by atoms with Crippen molar-refractivity contribution in [2.75, 3.05) is 19.0 Å². The molecule has 0 aliphatic heterocycles. The molecule has 110 valence electrons. The molecule has 0 spiro atoms. The average molecular weight is 285 g/mol. The molecule has 0 fully saturated rings. The average Bonchev–Trinajstić information content (AvgIpc) is 2.48. The summed E-state index contributed by atoms with van der Waals surface area (Å²) in [6.07, 6.45) is 0. The number of amides is 1. The molecule has 0 saturated heterocycles. The van der Waals surface area contributed by atoms with Crippen LogP contribution in [0.3, 0.4) is 0 Å². The van der Waals surface area contributed by atoms with E-state index in [-0.39, 0.29) is 5.91 Å². The molecular weight excluding hydrogens is 266 g/mol. The van der Waals surface area contributed by atoms with Gasteiger partial charge in [0.05, 0.1) is 19.4 Å². The van der Waals surface area contributed by atoms with Crippen molar-refractivity contribution in [1.29, 1.82) is 0 Å². The molecule has 0 unspecified atom stereocenters. The van der Waals surface area contributed by atoms with E-state index in [9.17, 15) is 4.79 Å². The number of carbonyl (C=O) groups is 1. The zero-order valence-corrected chi connectivity index (χ0v) is 12.5. The Morgan fingerprint density at radius 2 is 1.86 bits per heavy atom. The van der Waals surface area contributed by atoms with Crippen LogP contribution < -0.4 is 14.8 Å². The third kappa shape index (κ3) is 3.75. The summed E-state index contributed by atoms with van der Waals surface area (Å²) in [6, 6.07) is 12.7. The van der Waals surface area contributed by atoms with Gasteiger partial charge in [0.15, 0.2) is 0 Å². The van der Waals surface area contributed by atoms with Gasteiger partial charge in [-0.15, -0.1) is 0 Å². The molecule has 0 atom stereocenters. The molecule has 2 aromatic rings. The lowest BCUT2D eigenvalue weighted by Crippen LogP contribution is -2.12. The number of nitrogens with one attached hydrogen (secondary N) is 1. The lowest BCUT2D eigenvalue weighted by Gasteiger charge is -2.11. The van der Waals surface area contributed by atoms with Crippen LogP contribution in [0.5, 0.6) is 11.5 Å². The van der Waals surface area contributed by atoms with Crippen LogP contribution in [0, 0.1) is 6.92 Å². The van der Waals surface area contributed by atoms with E-state index >= 15 is 0 Å². The number of aryl methyl sites for hydroxylation is 1. The Bertz CT molecular complexity index is 620. The molecule has 4 heteroatoms. The van der Waals surface area contributed by atoms with Crippen molar-refractivity contribution in [3.05, 3.63) is 53.6 Å². The zero-order chi connectivity index (χ0) is 15.2. The van der Waals surface area contributed by atoms with Gasteiger partial charge in [-0.1, -0.05) is 6.07 Å². The number of hydrogen-bond donors (Lipinski definition) is 1. The first-order valence-electron chi connectivity index (χ1n) is 6.83. The highest BCUT2D eigenvalue weighted by molar-refractivity contribution is 6.05. The second-order valence-electron chi connectivity index (χ2n) is 4.62. The predicted molar refractivity (Wildman–Crippen MR) is 83.3 cm³/mol. The fourth-order valence-electron chi connectivity index (χ4n) is 1.98. The second-order valence-corrected chi connectivity index (χ2v) is 4.62. The molecule has 0 aliphatic carbocycles. The minimum atomic E-state index is -0.179. The Hall–Kier alpha value is -2.49. The quantitative estimate of drug-likeness (QED) is 0.912. The molecule has 0 heterocycles. The topological polar surface area (TPSA) is 47.6 Å². The van der Waals surface area contributed by atoms with Crippen molar-refractivity contribution in [2.24, 2.45) is 0 Å². The standard InChI is InChI=1S/C17H19NO3/c1-4-21-14-8-6-13(7-9-14)17(19)18-15-11-12(2)5-10-16(15)20-3/h5-11H,4H2,1-3H3,(H,18,19). The van der Waals surface area contributed by atoms with Crippen molar-refractivity contribution >= 4 is 11.6 Å². The molecule has 0 aromatic heterocycles. The highest BCUT2D eigenvalue weighted by Crippen LogP contribution is 2.26. The van der Waals surface area contributed by atoms with Gasteiger partial charge in [-0.05, 0) is 55.8 Å². The van der Waals surface area contributed by atoms with Gasteiger partial charge in [-0.2, -0.15) is 0 Å². The highest BCUT2D eigenvalue weighted by atomic mass is 16.5. The number of hydrogen-bond acceptors (Lipinski definition) is 3. The first kappa shape index (κ1) is 14.9. The first-order valence-corrected chi connectivity index (χ1v) is 6.83. The lowest BCUT2D eigenvalue weighted by molar-refractivity contribution is 0.102. The third-order valence-corrected chi connectivity index (χ3v) is 3.03. The molecule has 2 aromatic carbocycles. The van der Waals surface area contributed by atoms with E-state index in [1.54, 1.807) is 31.4 Å². The summed E-state index contributed by atoms with van der Waals surface area (Å²) in [5.41, 5.74) is 2.29. The minimum absolute atomic E-state index is 0.179. The van der Waals surface area contributed by atoms with Gasteiger partial charge in [-0.25, -0.2) is 0 Å². The maximum absolute atomic E-state index is 12.3. The van der Waals surface area contributed by atoms with E-state index in [4.69, 9.17) is 9.47 Å². The lowest BCUT2D eigenvalue weighted by atomic mass is 10.1. The van der Waals surface area contributed by atoms with E-state index in [0.29, 0.717) is 23.6 Å². The molecule has 1 N–H and O–H groups in total. The normalized spacial score (nSPS) is 10.0. The highest BCUT2D eigenvalue weighted by Gasteiger charge is 2.10. The summed E-state index contributed by atoms with van der Waals surface area (Å²) in [4.78, 5) is 12.3. The number of methoxy groups -OCH3 is 1. The van der Waals surface area contributed by atoms with Crippen LogP contribution in [0.25, 0.3) is 0 Å². The van der Waals surface area contributed by atoms with E-state index in [0.717, 1.165) is 11.3 Å². The monoisotopic (exact) mass is 285 g/mol. The van der Waals surface area contributed by atoms with Gasteiger partial charge in [-0.3, -0.25) is 4.79 Å². The van der Waals surface area contributed by atoms with Gasteiger partial charge in [0, 0.05) is 5.56 Å². The Balaban J connectivity index is 2.15. The molecule has 4 nitrogen and oxygen atoms in total. The smallest absolute Gasteiger partial charge is 0.255 e. The minimum Gasteiger partial charge on any atom is -0.495 e. The van der Waals surface area contributed by atoms with Crippen LogP contribution in [-0.2, 0) is 0 Å². The first-order chi connectivity index (χ1) is 10.1. The molecule has 1 amide bonds. The fourth-order valence-corrected chi connectivity index (χ4v) is 1.98. The van der Waals surface area contributed by atoms with Crippen molar-refractivity contribution in [3.63, 3.8) is 0 Å². The SMILES string of the molecule is CCOc1ccc(C(=O)Nc2cc(C)ccc2OC)cc1. The van der Waals surface area contributed by atoms with Crippen LogP contribution in [0.15, 0.2) is 42.5 Å². The predicted octanol–water partition coefficient (Wildman–Crippen LogP) is 3.65. The van der Waals surface area contributed by atoms with E-state index in [2.05, 4.69) is 5.32 Å². The van der Waals surface area contributed by atoms with Gasteiger partial charge in [0.1, 0.15) is 11.5 Å². The number of ether oxygens (including phenoxy) is 2. The molecule has 0 aliphatic rings. The van der Waals surface area contributed by atoms with Gasteiger partial charge >= 0.3 is 0 Å². The largest absolute Gasteiger partial charge is 0.495 e. The molecule has 0 saturated carbocycles. The maximum Gasteiger partial charge on any atom is 0.255 e. The van der Waals surface area contributed by atoms with E-state index in [1.165, 1.54) is 0 Å². The summed E-state index contributed by atoms with van der Waals surface area (Å²) in [7, 11) is 1.58. The third-order valence-electron chi connectivity index (χ3n) is 3.03. The zero-order valence-electron chi connectivity index (χ0n) is 12.5. The Morgan fingerprint density at radius 1 is 1.14 bits per heavy atom. The van der Waals surface area contributed by atoms with E-state index in [1.807, 2.05) is 32.0 Å². The number of benzene rings is 2. The Labute approximate surface area is 124 Å². The summed E-state index contributed by atoms with van der Waals surface area (Å²) < 4.78 is 10.6. The van der Waals surface area contributed by atoms with Crippen LogP contribution in [0.4, 0.5) is 5.69 Å². The van der Waals surface area contributed by atoms with E-state index < -0.39 is 0 Å². The number of rotatable bonds is 5. The maximum atomic E-state index is 12.3. The van der Waals surface area contributed by atoms with Gasteiger partial charge in [0.2, 0.25) is 0 Å². The van der Waals surface area contributed by atoms with Crippen LogP contribution in [0.1, 0.15) is 22.8 Å². The summed E-state index contributed by atoms with van der Waals surface area (Å²) in [5.74, 6) is 1.21. The van der Waals surface area contributed by atoms with Crippen LogP contribution in [0.2, 0.25) is 0 Å². The van der Waals surface area contributed by atoms with Crippen LogP contribution >= 0.6 is 0 Å². The van der Waals surface area contributed by atoms with Crippen molar-refractivity contribution in [3.8, 4) is 11.5 Å². The molecule has 2 rings (SSSR count). The Morgan fingerprint density at radius 3 is 2.48 bits per heavy atom. The molecular formula is C17H19NO3. The summed E-state index contributed by atoms with van der Waals surface area (Å²) in [5, 5.41) is 2.87. The van der Waals surface area contributed by atoms with Crippen molar-refractivity contribution in [1.82, 2.24) is 0 Å². The summed E-state index contributed by atoms with van der Waals surface area (Å²) in [6.45, 7) is 4.49. The molecule has 0 radical (unpaired) electrons.